The molecule has 0 saturated heterocycles. The Morgan fingerprint density at radius 3 is 2.11 bits per heavy atom. The number of anilines is 1. The molecular weight excluding hydrogens is 419 g/mol. The quantitative estimate of drug-likeness (QED) is 0.673. The van der Waals surface area contributed by atoms with E-state index in [4.69, 9.17) is 23.2 Å². The van der Waals surface area contributed by atoms with E-state index in [9.17, 15) is 13.2 Å². The second-order valence-electron chi connectivity index (χ2n) is 6.74. The van der Waals surface area contributed by atoms with Gasteiger partial charge in [-0.05, 0) is 44.0 Å². The Hall–Kier alpha value is -1.76. The van der Waals surface area contributed by atoms with Crippen LogP contribution in [0, 0.1) is 6.92 Å². The highest BCUT2D eigenvalue weighted by atomic mass is 35.5. The van der Waals surface area contributed by atoms with Gasteiger partial charge in [0.1, 0.15) is 6.04 Å². The average Bonchev–Trinajstić information content (AvgIpc) is 2.58. The van der Waals surface area contributed by atoms with Crippen LogP contribution >= 0.6 is 23.2 Å². The van der Waals surface area contributed by atoms with E-state index in [1.165, 1.54) is 25.1 Å². The molecule has 0 saturated carbocycles. The topological polar surface area (TPSA) is 66.5 Å². The Morgan fingerprint density at radius 2 is 1.64 bits per heavy atom. The Kier molecular flexibility index (Phi) is 7.37. The molecule has 0 aliphatic heterocycles. The summed E-state index contributed by atoms with van der Waals surface area (Å²) in [7, 11) is -3.75. The summed E-state index contributed by atoms with van der Waals surface area (Å²) in [6.07, 6.45) is 1.71. The number of halogens is 2. The molecule has 28 heavy (non-hydrogen) atoms. The molecule has 1 N–H and O–H groups in total. The summed E-state index contributed by atoms with van der Waals surface area (Å²) in [5, 5.41) is 3.52. The minimum absolute atomic E-state index is 0.222. The molecule has 2 atom stereocenters. The fraction of sp³-hybridized carbons (Fsp3) is 0.350. The number of sulfonamides is 1. The second-order valence-corrected chi connectivity index (χ2v) is 9.47. The summed E-state index contributed by atoms with van der Waals surface area (Å²) >= 11 is 12.0. The first-order valence-corrected chi connectivity index (χ1v) is 11.5. The zero-order chi connectivity index (χ0) is 21.1. The summed E-state index contributed by atoms with van der Waals surface area (Å²) in [5.41, 5.74) is 2.33. The van der Waals surface area contributed by atoms with E-state index in [0.29, 0.717) is 6.42 Å². The maximum atomic E-state index is 12.9. The van der Waals surface area contributed by atoms with Crippen molar-refractivity contribution in [2.45, 2.75) is 39.3 Å². The van der Waals surface area contributed by atoms with Gasteiger partial charge in [0.25, 0.3) is 0 Å². The van der Waals surface area contributed by atoms with E-state index >= 15 is 0 Å². The maximum Gasteiger partial charge on any atom is 0.244 e. The molecule has 1 amide bonds. The third-order valence-corrected chi connectivity index (χ3v) is 6.07. The maximum absolute atomic E-state index is 12.9. The molecule has 8 heteroatoms. The lowest BCUT2D eigenvalue weighted by molar-refractivity contribution is -0.122. The van der Waals surface area contributed by atoms with Crippen LogP contribution in [0.15, 0.2) is 42.5 Å². The van der Waals surface area contributed by atoms with Crippen LogP contribution in [-0.2, 0) is 14.8 Å². The molecular formula is C20H24Cl2N2O3S. The van der Waals surface area contributed by atoms with E-state index in [2.05, 4.69) is 5.32 Å². The van der Waals surface area contributed by atoms with Crippen molar-refractivity contribution in [3.8, 4) is 0 Å². The molecule has 2 unspecified atom stereocenters. The van der Waals surface area contributed by atoms with Gasteiger partial charge >= 0.3 is 0 Å². The number of carbonyl (C=O) groups is 1. The first-order chi connectivity index (χ1) is 13.0. The van der Waals surface area contributed by atoms with Crippen molar-refractivity contribution in [3.63, 3.8) is 0 Å². The van der Waals surface area contributed by atoms with Crippen molar-refractivity contribution in [1.29, 1.82) is 0 Å². The highest BCUT2D eigenvalue weighted by Crippen LogP contribution is 2.29. The van der Waals surface area contributed by atoms with E-state index < -0.39 is 22.0 Å². The molecule has 0 spiro atoms. The monoisotopic (exact) mass is 442 g/mol. The van der Waals surface area contributed by atoms with Crippen LogP contribution in [0.4, 0.5) is 5.69 Å². The van der Waals surface area contributed by atoms with Gasteiger partial charge in [-0.1, -0.05) is 60.0 Å². The fourth-order valence-corrected chi connectivity index (χ4v) is 4.66. The summed E-state index contributed by atoms with van der Waals surface area (Å²) in [6, 6.07) is 11.1. The van der Waals surface area contributed by atoms with Crippen molar-refractivity contribution in [3.05, 3.63) is 63.6 Å². The van der Waals surface area contributed by atoms with Gasteiger partial charge in [0.2, 0.25) is 15.9 Å². The standard InChI is InChI=1S/C20H24Cl2N2O3S/c1-5-19(15-8-6-13(2)7-9-15)23-20(25)14(3)24(28(4,26)27)18-11-16(21)10-17(22)12-18/h6-12,14,19H,5H2,1-4H3,(H,23,25). The van der Waals surface area contributed by atoms with Gasteiger partial charge in [-0.25, -0.2) is 8.42 Å². The SMILES string of the molecule is CCC(NC(=O)C(C)N(c1cc(Cl)cc(Cl)c1)S(C)(=O)=O)c1ccc(C)cc1. The number of amides is 1. The molecule has 0 fully saturated rings. The Morgan fingerprint density at radius 1 is 1.11 bits per heavy atom. The molecule has 0 bridgehead atoms. The summed E-state index contributed by atoms with van der Waals surface area (Å²) in [4.78, 5) is 12.9. The fourth-order valence-electron chi connectivity index (χ4n) is 2.99. The minimum atomic E-state index is -3.75. The molecule has 0 heterocycles. The highest BCUT2D eigenvalue weighted by Gasteiger charge is 2.30. The van der Waals surface area contributed by atoms with Crippen LogP contribution in [0.1, 0.15) is 37.4 Å². The number of rotatable bonds is 7. The summed E-state index contributed by atoms with van der Waals surface area (Å²) in [6.45, 7) is 5.49. The van der Waals surface area contributed by atoms with Gasteiger partial charge in [-0.3, -0.25) is 9.10 Å². The molecule has 2 aromatic carbocycles. The van der Waals surface area contributed by atoms with Gasteiger partial charge in [-0.15, -0.1) is 0 Å². The van der Waals surface area contributed by atoms with E-state index in [0.717, 1.165) is 21.7 Å². The second kappa shape index (κ2) is 9.16. The normalized spacial score (nSPS) is 13.6. The molecule has 2 aromatic rings. The molecule has 2 rings (SSSR count). The predicted octanol–water partition coefficient (Wildman–Crippen LogP) is 4.72. The van der Waals surface area contributed by atoms with Gasteiger partial charge in [-0.2, -0.15) is 0 Å². The van der Waals surface area contributed by atoms with Crippen molar-refractivity contribution < 1.29 is 13.2 Å². The number of nitrogens with zero attached hydrogens (tertiary/aromatic N) is 1. The lowest BCUT2D eigenvalue weighted by Gasteiger charge is -2.30. The highest BCUT2D eigenvalue weighted by molar-refractivity contribution is 7.92. The van der Waals surface area contributed by atoms with Crippen LogP contribution in [0.2, 0.25) is 10.0 Å². The zero-order valence-corrected chi connectivity index (χ0v) is 18.6. The van der Waals surface area contributed by atoms with Crippen LogP contribution in [0.25, 0.3) is 0 Å². The Balaban J connectivity index is 2.31. The Labute approximate surface area is 176 Å². The van der Waals surface area contributed by atoms with E-state index in [-0.39, 0.29) is 21.8 Å². The van der Waals surface area contributed by atoms with E-state index in [1.807, 2.05) is 38.1 Å². The van der Waals surface area contributed by atoms with Gasteiger partial charge in [0.15, 0.2) is 0 Å². The van der Waals surface area contributed by atoms with Crippen molar-refractivity contribution in [2.24, 2.45) is 0 Å². The van der Waals surface area contributed by atoms with Crippen LogP contribution in [-0.4, -0.2) is 26.6 Å². The molecule has 5 nitrogen and oxygen atoms in total. The molecule has 0 radical (unpaired) electrons. The first-order valence-electron chi connectivity index (χ1n) is 8.85. The van der Waals surface area contributed by atoms with Crippen molar-refractivity contribution in [2.75, 3.05) is 10.6 Å². The lowest BCUT2D eigenvalue weighted by Crippen LogP contribution is -2.48. The van der Waals surface area contributed by atoms with Crippen molar-refractivity contribution >= 4 is 44.8 Å². The number of hydrogen-bond acceptors (Lipinski definition) is 3. The van der Waals surface area contributed by atoms with Gasteiger partial charge < -0.3 is 5.32 Å². The number of aryl methyl sites for hydroxylation is 1. The number of hydrogen-bond donors (Lipinski definition) is 1. The van der Waals surface area contributed by atoms with Crippen LogP contribution in [0.3, 0.4) is 0 Å². The summed E-state index contributed by atoms with van der Waals surface area (Å²) in [5.74, 6) is -0.408. The molecule has 0 aliphatic carbocycles. The Bertz CT molecular complexity index is 926. The van der Waals surface area contributed by atoms with Crippen LogP contribution < -0.4 is 9.62 Å². The third-order valence-electron chi connectivity index (χ3n) is 4.39. The van der Waals surface area contributed by atoms with E-state index in [1.54, 1.807) is 0 Å². The molecule has 152 valence electrons. The van der Waals surface area contributed by atoms with Crippen LogP contribution in [0.5, 0.6) is 0 Å². The summed E-state index contributed by atoms with van der Waals surface area (Å²) < 4.78 is 25.9. The van der Waals surface area contributed by atoms with Gasteiger partial charge in [0.05, 0.1) is 18.0 Å². The third kappa shape index (κ3) is 5.63. The minimum Gasteiger partial charge on any atom is -0.347 e. The lowest BCUT2D eigenvalue weighted by atomic mass is 10.0. The molecule has 0 aromatic heterocycles. The predicted molar refractivity (Wildman–Crippen MR) is 116 cm³/mol. The smallest absolute Gasteiger partial charge is 0.244 e. The van der Waals surface area contributed by atoms with Gasteiger partial charge in [0, 0.05) is 10.0 Å². The number of nitrogens with one attached hydrogen (secondary N) is 1. The average molecular weight is 443 g/mol. The first kappa shape index (κ1) is 22.5. The number of carbonyl (C=O) groups excluding carboxylic acids is 1. The molecule has 0 aliphatic rings. The van der Waals surface area contributed by atoms with Crippen molar-refractivity contribution in [1.82, 2.24) is 5.32 Å². The zero-order valence-electron chi connectivity index (χ0n) is 16.2. The largest absolute Gasteiger partial charge is 0.347 e. The number of benzene rings is 2.